The Morgan fingerprint density at radius 1 is 1.39 bits per heavy atom. The molecule has 1 heterocycles. The summed E-state index contributed by atoms with van der Waals surface area (Å²) in [6.07, 6.45) is 1.60. The Kier molecular flexibility index (Phi) is 5.06. The second-order valence-corrected chi connectivity index (χ2v) is 3.67. The van der Waals surface area contributed by atoms with Gasteiger partial charge in [-0.05, 0) is 19.1 Å². The van der Waals surface area contributed by atoms with Crippen LogP contribution in [-0.4, -0.2) is 39.8 Å². The van der Waals surface area contributed by atoms with Gasteiger partial charge < -0.3 is 20.8 Å². The topological polar surface area (TPSA) is 112 Å². The number of nitrogens with zero attached hydrogens (tertiary/aromatic N) is 1. The van der Waals surface area contributed by atoms with Crippen LogP contribution >= 0.6 is 0 Å². The Morgan fingerprint density at radius 2 is 2.11 bits per heavy atom. The number of nitrogens with one attached hydrogen (secondary N) is 2. The molecule has 0 aliphatic heterocycles. The van der Waals surface area contributed by atoms with Crippen LogP contribution in [0.4, 0.5) is 4.79 Å². The molecule has 7 heteroatoms. The molecule has 0 bridgehead atoms. The average Bonchev–Trinajstić information content (AvgIpc) is 2.36. The number of carbonyl (C=O) groups is 2. The van der Waals surface area contributed by atoms with E-state index in [0.29, 0.717) is 5.69 Å². The summed E-state index contributed by atoms with van der Waals surface area (Å²) in [7, 11) is 0. The van der Waals surface area contributed by atoms with Gasteiger partial charge in [-0.15, -0.1) is 0 Å². The van der Waals surface area contributed by atoms with E-state index in [1.807, 2.05) is 0 Å². The maximum absolute atomic E-state index is 11.5. The number of pyridine rings is 1. The number of aliphatic hydroxyl groups excluding tert-OH is 1. The molecule has 2 atom stereocenters. The summed E-state index contributed by atoms with van der Waals surface area (Å²) in [6, 6.07) is 2.93. The number of carboxylic acid groups (broad SMARTS) is 1. The first-order valence-corrected chi connectivity index (χ1v) is 5.36. The predicted molar refractivity (Wildman–Crippen MR) is 62.8 cm³/mol. The van der Waals surface area contributed by atoms with E-state index in [2.05, 4.69) is 15.6 Å². The molecule has 0 aliphatic carbocycles. The molecule has 0 aliphatic rings. The minimum atomic E-state index is -1.32. The average molecular weight is 253 g/mol. The van der Waals surface area contributed by atoms with Crippen molar-refractivity contribution in [3.63, 3.8) is 0 Å². The molecule has 18 heavy (non-hydrogen) atoms. The van der Waals surface area contributed by atoms with E-state index < -0.39 is 24.6 Å². The molecule has 2 amide bonds. The number of aliphatic hydroxyl groups is 1. The van der Waals surface area contributed by atoms with E-state index in [1.165, 1.54) is 0 Å². The number of hydrogen-bond donors (Lipinski definition) is 4. The van der Waals surface area contributed by atoms with Gasteiger partial charge in [0.1, 0.15) is 0 Å². The number of carbonyl (C=O) groups excluding carboxylic acids is 1. The zero-order valence-electron chi connectivity index (χ0n) is 9.83. The molecule has 0 spiro atoms. The summed E-state index contributed by atoms with van der Waals surface area (Å²) < 4.78 is 0. The van der Waals surface area contributed by atoms with Gasteiger partial charge in [0.05, 0.1) is 18.3 Å². The van der Waals surface area contributed by atoms with Crippen molar-refractivity contribution >= 4 is 12.0 Å². The Bertz CT molecular complexity index is 410. The molecule has 0 saturated carbocycles. The lowest BCUT2D eigenvalue weighted by Gasteiger charge is -2.16. The number of urea groups is 1. The molecule has 0 aromatic carbocycles. The van der Waals surface area contributed by atoms with Gasteiger partial charge in [0.15, 0.2) is 6.04 Å². The van der Waals surface area contributed by atoms with Crippen molar-refractivity contribution in [2.24, 2.45) is 0 Å². The third kappa shape index (κ3) is 4.02. The van der Waals surface area contributed by atoms with Gasteiger partial charge in [0.25, 0.3) is 0 Å². The summed E-state index contributed by atoms with van der Waals surface area (Å²) >= 11 is 0. The van der Waals surface area contributed by atoms with Crippen LogP contribution < -0.4 is 10.6 Å². The zero-order valence-corrected chi connectivity index (χ0v) is 9.83. The molecule has 1 aromatic heterocycles. The van der Waals surface area contributed by atoms with E-state index in [0.717, 1.165) is 0 Å². The molecule has 0 fully saturated rings. The van der Waals surface area contributed by atoms with Crippen molar-refractivity contribution in [3.05, 3.63) is 30.1 Å². The number of aliphatic carboxylic acids is 1. The number of rotatable bonds is 5. The van der Waals surface area contributed by atoms with Gasteiger partial charge in [-0.25, -0.2) is 9.59 Å². The van der Waals surface area contributed by atoms with E-state index in [4.69, 9.17) is 10.2 Å². The maximum Gasteiger partial charge on any atom is 0.328 e. The van der Waals surface area contributed by atoms with Crippen LogP contribution in [-0.2, 0) is 4.79 Å². The lowest BCUT2D eigenvalue weighted by molar-refractivity contribution is -0.140. The normalized spacial score (nSPS) is 13.4. The third-order valence-corrected chi connectivity index (χ3v) is 2.27. The summed E-state index contributed by atoms with van der Waals surface area (Å²) in [5, 5.41) is 22.1. The smallest absolute Gasteiger partial charge is 0.328 e. The number of aromatic nitrogens is 1. The molecule has 4 N–H and O–H groups in total. The standard InChI is InChI=1S/C11H15N3O4/c1-7(8-4-2-3-5-12-8)13-11(18)14-9(6-15)10(16)17/h2-5,7,9,15H,6H2,1H3,(H,16,17)(H2,13,14,18)/t7?,9-/m0/s1. The third-order valence-electron chi connectivity index (χ3n) is 2.27. The molecule has 0 radical (unpaired) electrons. The van der Waals surface area contributed by atoms with Gasteiger partial charge in [-0.3, -0.25) is 4.98 Å². The second kappa shape index (κ2) is 6.55. The molecular weight excluding hydrogens is 238 g/mol. The van der Waals surface area contributed by atoms with E-state index in [1.54, 1.807) is 31.3 Å². The molecule has 1 unspecified atom stereocenters. The largest absolute Gasteiger partial charge is 0.480 e. The van der Waals surface area contributed by atoms with Crippen LogP contribution in [0.3, 0.4) is 0 Å². The Labute approximate surface area is 104 Å². The molecule has 7 nitrogen and oxygen atoms in total. The van der Waals surface area contributed by atoms with Crippen molar-refractivity contribution in [2.45, 2.75) is 19.0 Å². The van der Waals surface area contributed by atoms with Gasteiger partial charge in [-0.1, -0.05) is 6.07 Å². The van der Waals surface area contributed by atoms with Gasteiger partial charge in [0.2, 0.25) is 0 Å². The zero-order chi connectivity index (χ0) is 13.5. The van der Waals surface area contributed by atoms with Crippen LogP contribution in [0.15, 0.2) is 24.4 Å². The Morgan fingerprint density at radius 3 is 2.61 bits per heavy atom. The Hall–Kier alpha value is -2.15. The molecule has 1 aromatic rings. The molecule has 98 valence electrons. The highest BCUT2D eigenvalue weighted by Gasteiger charge is 2.19. The monoisotopic (exact) mass is 253 g/mol. The van der Waals surface area contributed by atoms with Gasteiger partial charge in [-0.2, -0.15) is 0 Å². The molecule has 1 rings (SSSR count). The SMILES string of the molecule is CC(NC(=O)N[C@@H](CO)C(=O)O)c1ccccn1. The van der Waals surface area contributed by atoms with Crippen molar-refractivity contribution in [1.82, 2.24) is 15.6 Å². The minimum Gasteiger partial charge on any atom is -0.480 e. The highest BCUT2D eigenvalue weighted by atomic mass is 16.4. The quantitative estimate of drug-likeness (QED) is 0.585. The first kappa shape index (κ1) is 13.9. The van der Waals surface area contributed by atoms with Crippen LogP contribution in [0.2, 0.25) is 0 Å². The first-order chi connectivity index (χ1) is 8.54. The number of amides is 2. The fraction of sp³-hybridized carbons (Fsp3) is 0.364. The van der Waals surface area contributed by atoms with Crippen LogP contribution in [0.5, 0.6) is 0 Å². The molecular formula is C11H15N3O4. The lowest BCUT2D eigenvalue weighted by atomic mass is 10.2. The van der Waals surface area contributed by atoms with E-state index in [-0.39, 0.29) is 6.04 Å². The molecule has 0 saturated heterocycles. The van der Waals surface area contributed by atoms with Gasteiger partial charge >= 0.3 is 12.0 Å². The summed E-state index contributed by atoms with van der Waals surface area (Å²) in [6.45, 7) is 1.05. The lowest BCUT2D eigenvalue weighted by Crippen LogP contribution is -2.48. The van der Waals surface area contributed by atoms with E-state index in [9.17, 15) is 9.59 Å². The Balaban J connectivity index is 2.52. The van der Waals surface area contributed by atoms with Crippen molar-refractivity contribution in [2.75, 3.05) is 6.61 Å². The second-order valence-electron chi connectivity index (χ2n) is 3.67. The van der Waals surface area contributed by atoms with Crippen molar-refractivity contribution in [3.8, 4) is 0 Å². The van der Waals surface area contributed by atoms with E-state index >= 15 is 0 Å². The predicted octanol–water partition coefficient (Wildman–Crippen LogP) is -0.113. The fourth-order valence-electron chi connectivity index (χ4n) is 1.29. The summed E-state index contributed by atoms with van der Waals surface area (Å²) in [5.41, 5.74) is 0.656. The fourth-order valence-corrected chi connectivity index (χ4v) is 1.29. The van der Waals surface area contributed by atoms with Crippen molar-refractivity contribution in [1.29, 1.82) is 0 Å². The summed E-state index contributed by atoms with van der Waals surface area (Å²) in [5.74, 6) is -1.29. The van der Waals surface area contributed by atoms with Crippen LogP contribution in [0.25, 0.3) is 0 Å². The summed E-state index contributed by atoms with van der Waals surface area (Å²) in [4.78, 5) is 26.1. The van der Waals surface area contributed by atoms with Gasteiger partial charge in [0, 0.05) is 6.20 Å². The minimum absolute atomic E-state index is 0.362. The first-order valence-electron chi connectivity index (χ1n) is 5.36. The van der Waals surface area contributed by atoms with Crippen molar-refractivity contribution < 1.29 is 19.8 Å². The maximum atomic E-state index is 11.5. The highest BCUT2D eigenvalue weighted by Crippen LogP contribution is 2.07. The van der Waals surface area contributed by atoms with Crippen LogP contribution in [0, 0.1) is 0 Å². The van der Waals surface area contributed by atoms with Crippen LogP contribution in [0.1, 0.15) is 18.7 Å². The highest BCUT2D eigenvalue weighted by molar-refractivity contribution is 5.82. The number of carboxylic acids is 1. The number of hydrogen-bond acceptors (Lipinski definition) is 4.